The standard InChI is InChI=1S/C15H17Cl2N3O/c1-10-13(16)6-12(7-14(10)17)15(21)19(2)5-4-11-8-18-20(3)9-11/h6-9H,4-5H2,1-3H3. The van der Waals surface area contributed by atoms with Crippen molar-refractivity contribution in [1.82, 2.24) is 14.7 Å². The first-order valence-electron chi connectivity index (χ1n) is 6.57. The van der Waals surface area contributed by atoms with Gasteiger partial charge in [0.15, 0.2) is 0 Å². The Labute approximate surface area is 134 Å². The van der Waals surface area contributed by atoms with Gasteiger partial charge < -0.3 is 4.90 Å². The number of halogens is 2. The molecule has 0 N–H and O–H groups in total. The molecule has 1 heterocycles. The third-order valence-electron chi connectivity index (χ3n) is 3.37. The molecule has 0 bridgehead atoms. The monoisotopic (exact) mass is 325 g/mol. The Hall–Kier alpha value is -1.52. The lowest BCUT2D eigenvalue weighted by atomic mass is 10.1. The lowest BCUT2D eigenvalue weighted by Crippen LogP contribution is -2.28. The Bertz CT molecular complexity index is 644. The Balaban J connectivity index is 2.05. The second-order valence-electron chi connectivity index (χ2n) is 5.06. The zero-order valence-corrected chi connectivity index (χ0v) is 13.7. The van der Waals surface area contributed by atoms with Crippen LogP contribution in [0, 0.1) is 6.92 Å². The number of hydrogen-bond donors (Lipinski definition) is 0. The van der Waals surface area contributed by atoms with E-state index in [1.807, 2.05) is 20.2 Å². The Morgan fingerprint density at radius 2 is 1.95 bits per heavy atom. The van der Waals surface area contributed by atoms with Gasteiger partial charge in [0.2, 0.25) is 0 Å². The Morgan fingerprint density at radius 1 is 1.33 bits per heavy atom. The molecule has 0 unspecified atom stereocenters. The van der Waals surface area contributed by atoms with Crippen LogP contribution in [-0.2, 0) is 13.5 Å². The van der Waals surface area contributed by atoms with Crippen molar-refractivity contribution < 1.29 is 4.79 Å². The molecule has 1 aromatic carbocycles. The van der Waals surface area contributed by atoms with Crippen molar-refractivity contribution in [2.45, 2.75) is 13.3 Å². The summed E-state index contributed by atoms with van der Waals surface area (Å²) in [5, 5.41) is 5.12. The normalized spacial score (nSPS) is 10.7. The number of rotatable bonds is 4. The van der Waals surface area contributed by atoms with Gasteiger partial charge in [0.05, 0.1) is 6.20 Å². The van der Waals surface area contributed by atoms with Crippen molar-refractivity contribution in [3.8, 4) is 0 Å². The van der Waals surface area contributed by atoms with Crippen LogP contribution in [-0.4, -0.2) is 34.2 Å². The van der Waals surface area contributed by atoms with E-state index in [0.717, 1.165) is 17.5 Å². The number of amides is 1. The zero-order valence-electron chi connectivity index (χ0n) is 12.2. The molecule has 0 fully saturated rings. The maximum absolute atomic E-state index is 12.4. The highest BCUT2D eigenvalue weighted by Gasteiger charge is 2.15. The smallest absolute Gasteiger partial charge is 0.253 e. The lowest BCUT2D eigenvalue weighted by Gasteiger charge is -2.17. The summed E-state index contributed by atoms with van der Waals surface area (Å²) in [6.45, 7) is 2.43. The average molecular weight is 326 g/mol. The summed E-state index contributed by atoms with van der Waals surface area (Å²) >= 11 is 12.2. The predicted octanol–water partition coefficient (Wildman–Crippen LogP) is 3.35. The molecule has 0 radical (unpaired) electrons. The molecule has 0 saturated carbocycles. The van der Waals surface area contributed by atoms with E-state index in [9.17, 15) is 4.79 Å². The molecule has 0 aliphatic rings. The summed E-state index contributed by atoms with van der Waals surface area (Å²) in [5.74, 6) is -0.0947. The summed E-state index contributed by atoms with van der Waals surface area (Å²) < 4.78 is 1.75. The second kappa shape index (κ2) is 6.50. The molecule has 0 aliphatic carbocycles. The van der Waals surface area contributed by atoms with Gasteiger partial charge in [0, 0.05) is 42.4 Å². The van der Waals surface area contributed by atoms with Gasteiger partial charge in [-0.2, -0.15) is 5.10 Å². The minimum absolute atomic E-state index is 0.0947. The van der Waals surface area contributed by atoms with Crippen molar-refractivity contribution in [2.75, 3.05) is 13.6 Å². The fraction of sp³-hybridized carbons (Fsp3) is 0.333. The molecular formula is C15H17Cl2N3O. The number of aryl methyl sites for hydroxylation is 1. The highest BCUT2D eigenvalue weighted by atomic mass is 35.5. The SMILES string of the molecule is Cc1c(Cl)cc(C(=O)N(C)CCc2cnn(C)c2)cc1Cl. The molecule has 112 valence electrons. The molecule has 6 heteroatoms. The van der Waals surface area contributed by atoms with Gasteiger partial charge in [-0.1, -0.05) is 23.2 Å². The number of aromatic nitrogens is 2. The predicted molar refractivity (Wildman–Crippen MR) is 85.1 cm³/mol. The van der Waals surface area contributed by atoms with E-state index in [4.69, 9.17) is 23.2 Å². The number of hydrogen-bond acceptors (Lipinski definition) is 2. The Kier molecular flexibility index (Phi) is 4.91. The highest BCUT2D eigenvalue weighted by molar-refractivity contribution is 6.36. The third-order valence-corrected chi connectivity index (χ3v) is 4.15. The number of carbonyl (C=O) groups is 1. The van der Waals surface area contributed by atoms with E-state index in [-0.39, 0.29) is 5.91 Å². The minimum atomic E-state index is -0.0947. The van der Waals surface area contributed by atoms with Gasteiger partial charge in [-0.15, -0.1) is 0 Å². The molecule has 1 amide bonds. The van der Waals surface area contributed by atoms with Crippen molar-refractivity contribution in [3.63, 3.8) is 0 Å². The molecule has 0 atom stereocenters. The van der Waals surface area contributed by atoms with Crippen LogP contribution in [0.15, 0.2) is 24.5 Å². The van der Waals surface area contributed by atoms with Crippen molar-refractivity contribution in [3.05, 3.63) is 51.3 Å². The van der Waals surface area contributed by atoms with Crippen LogP contribution in [0.5, 0.6) is 0 Å². The number of nitrogens with zero attached hydrogens (tertiary/aromatic N) is 3. The molecule has 2 aromatic rings. The van der Waals surface area contributed by atoms with Crippen molar-refractivity contribution in [2.24, 2.45) is 7.05 Å². The second-order valence-corrected chi connectivity index (χ2v) is 5.88. The van der Waals surface area contributed by atoms with E-state index in [1.165, 1.54) is 0 Å². The first kappa shape index (κ1) is 15.9. The van der Waals surface area contributed by atoms with Gasteiger partial charge >= 0.3 is 0 Å². The maximum Gasteiger partial charge on any atom is 0.253 e. The summed E-state index contributed by atoms with van der Waals surface area (Å²) in [6.07, 6.45) is 4.50. The van der Waals surface area contributed by atoms with Gasteiger partial charge in [-0.25, -0.2) is 0 Å². The number of benzene rings is 1. The number of carbonyl (C=O) groups excluding carboxylic acids is 1. The van der Waals surface area contributed by atoms with Gasteiger partial charge in [-0.3, -0.25) is 9.48 Å². The molecule has 2 rings (SSSR count). The van der Waals surface area contributed by atoms with Crippen LogP contribution in [0.1, 0.15) is 21.5 Å². The van der Waals surface area contributed by atoms with E-state index < -0.39 is 0 Å². The van der Waals surface area contributed by atoms with Crippen molar-refractivity contribution >= 4 is 29.1 Å². The molecular weight excluding hydrogens is 309 g/mol. The molecule has 0 saturated heterocycles. The van der Waals surface area contributed by atoms with Crippen LogP contribution < -0.4 is 0 Å². The molecule has 1 aromatic heterocycles. The molecule has 4 nitrogen and oxygen atoms in total. The van der Waals surface area contributed by atoms with Crippen LogP contribution >= 0.6 is 23.2 Å². The summed E-state index contributed by atoms with van der Waals surface area (Å²) in [7, 11) is 3.63. The largest absolute Gasteiger partial charge is 0.341 e. The summed E-state index contributed by atoms with van der Waals surface area (Å²) in [5.41, 5.74) is 2.38. The number of likely N-dealkylation sites (N-methyl/N-ethyl adjacent to an activating group) is 1. The lowest BCUT2D eigenvalue weighted by molar-refractivity contribution is 0.0796. The van der Waals surface area contributed by atoms with Crippen molar-refractivity contribution in [1.29, 1.82) is 0 Å². The molecule has 21 heavy (non-hydrogen) atoms. The maximum atomic E-state index is 12.4. The van der Waals surface area contributed by atoms with E-state index in [1.54, 1.807) is 35.0 Å². The average Bonchev–Trinajstić information content (AvgIpc) is 2.86. The van der Waals surface area contributed by atoms with Gasteiger partial charge in [-0.05, 0) is 36.6 Å². The zero-order chi connectivity index (χ0) is 15.6. The first-order valence-corrected chi connectivity index (χ1v) is 7.32. The van der Waals surface area contributed by atoms with E-state index in [0.29, 0.717) is 22.2 Å². The van der Waals surface area contributed by atoms with E-state index >= 15 is 0 Å². The molecule has 0 aliphatic heterocycles. The van der Waals surface area contributed by atoms with Crippen LogP contribution in [0.3, 0.4) is 0 Å². The van der Waals surface area contributed by atoms with Crippen LogP contribution in [0.2, 0.25) is 10.0 Å². The topological polar surface area (TPSA) is 38.1 Å². The van der Waals surface area contributed by atoms with Crippen LogP contribution in [0.25, 0.3) is 0 Å². The fourth-order valence-corrected chi connectivity index (χ4v) is 2.48. The summed E-state index contributed by atoms with van der Waals surface area (Å²) in [6, 6.07) is 3.32. The van der Waals surface area contributed by atoms with Gasteiger partial charge in [0.25, 0.3) is 5.91 Å². The highest BCUT2D eigenvalue weighted by Crippen LogP contribution is 2.26. The first-order chi connectivity index (χ1) is 9.88. The minimum Gasteiger partial charge on any atom is -0.341 e. The third kappa shape index (κ3) is 3.77. The summed E-state index contributed by atoms with van der Waals surface area (Å²) in [4.78, 5) is 14.0. The van der Waals surface area contributed by atoms with Crippen LogP contribution in [0.4, 0.5) is 0 Å². The molecule has 0 spiro atoms. The quantitative estimate of drug-likeness (QED) is 0.864. The van der Waals surface area contributed by atoms with Gasteiger partial charge in [0.1, 0.15) is 0 Å². The van der Waals surface area contributed by atoms with E-state index in [2.05, 4.69) is 5.10 Å². The fourth-order valence-electron chi connectivity index (χ4n) is 1.99. The Morgan fingerprint density at radius 3 is 2.48 bits per heavy atom.